The number of pyridine rings is 1. The molecule has 0 amide bonds. The first-order valence-corrected chi connectivity index (χ1v) is 11.0. The molecule has 5 rings (SSSR count). The number of nitro groups is 1. The van der Waals surface area contributed by atoms with Crippen molar-refractivity contribution in [3.63, 3.8) is 0 Å². The number of anilines is 1. The fourth-order valence-electron chi connectivity index (χ4n) is 4.42. The molecule has 30 heavy (non-hydrogen) atoms. The highest BCUT2D eigenvalue weighted by molar-refractivity contribution is 8.14. The summed E-state index contributed by atoms with van der Waals surface area (Å²) in [6.45, 7) is 5.55. The van der Waals surface area contributed by atoms with E-state index in [1.54, 1.807) is 24.0 Å². The number of aliphatic imine (C=N–C) groups is 1. The van der Waals surface area contributed by atoms with Crippen LogP contribution in [0.1, 0.15) is 30.3 Å². The van der Waals surface area contributed by atoms with Crippen molar-refractivity contribution in [2.45, 2.75) is 24.3 Å². The van der Waals surface area contributed by atoms with E-state index < -0.39 is 0 Å². The largest absolute Gasteiger partial charge is 0.378 e. The quantitative estimate of drug-likeness (QED) is 0.548. The lowest BCUT2D eigenvalue weighted by Gasteiger charge is -2.30. The Bertz CT molecular complexity index is 980. The third-order valence-electron chi connectivity index (χ3n) is 5.77. The molecule has 0 radical (unpaired) electrons. The highest BCUT2D eigenvalue weighted by Gasteiger charge is 2.44. The predicted molar refractivity (Wildman–Crippen MR) is 117 cm³/mol. The van der Waals surface area contributed by atoms with Gasteiger partial charge in [0.1, 0.15) is 11.7 Å². The normalized spacial score (nSPS) is 25.9. The Labute approximate surface area is 179 Å². The van der Waals surface area contributed by atoms with Crippen molar-refractivity contribution in [3.8, 4) is 0 Å². The lowest BCUT2D eigenvalue weighted by atomic mass is 9.95. The zero-order valence-electron chi connectivity index (χ0n) is 16.7. The van der Waals surface area contributed by atoms with Gasteiger partial charge >= 0.3 is 0 Å². The van der Waals surface area contributed by atoms with Crippen LogP contribution >= 0.6 is 11.8 Å². The first kappa shape index (κ1) is 19.3. The molecule has 2 fully saturated rings. The first-order valence-electron chi connectivity index (χ1n) is 10.1. The first-order chi connectivity index (χ1) is 14.6. The number of benzene rings is 1. The Balaban J connectivity index is 1.55. The predicted octanol–water partition coefficient (Wildman–Crippen LogP) is 3.42. The summed E-state index contributed by atoms with van der Waals surface area (Å²) < 4.78 is 5.40. The Morgan fingerprint density at radius 2 is 2.07 bits per heavy atom. The van der Waals surface area contributed by atoms with Crippen LogP contribution in [0, 0.1) is 10.1 Å². The van der Waals surface area contributed by atoms with Crippen LogP contribution in [0.5, 0.6) is 0 Å². The molecule has 3 atom stereocenters. The number of ether oxygens (including phenoxy) is 1. The molecule has 3 aliphatic heterocycles. The maximum absolute atomic E-state index is 12.0. The average molecular weight is 426 g/mol. The van der Waals surface area contributed by atoms with Crippen molar-refractivity contribution < 1.29 is 9.66 Å². The number of aromatic nitrogens is 1. The molecule has 0 aliphatic carbocycles. The zero-order valence-corrected chi connectivity index (χ0v) is 17.5. The third kappa shape index (κ3) is 3.41. The van der Waals surface area contributed by atoms with E-state index in [-0.39, 0.29) is 22.7 Å². The van der Waals surface area contributed by atoms with Gasteiger partial charge in [-0.15, -0.1) is 0 Å². The van der Waals surface area contributed by atoms with E-state index in [4.69, 9.17) is 9.73 Å². The van der Waals surface area contributed by atoms with Crippen LogP contribution in [0.4, 0.5) is 11.4 Å². The summed E-state index contributed by atoms with van der Waals surface area (Å²) in [7, 11) is 0. The van der Waals surface area contributed by atoms with E-state index in [2.05, 4.69) is 16.8 Å². The summed E-state index contributed by atoms with van der Waals surface area (Å²) in [5, 5.41) is 13.4. The Morgan fingerprint density at radius 1 is 1.23 bits per heavy atom. The number of nitrogens with zero attached hydrogens (tertiary/aromatic N) is 5. The van der Waals surface area contributed by atoms with Gasteiger partial charge in [-0.05, 0) is 23.8 Å². The topological polar surface area (TPSA) is 84.1 Å². The molecular formula is C21H23N5O3S. The second-order valence-corrected chi connectivity index (χ2v) is 9.15. The van der Waals surface area contributed by atoms with Gasteiger partial charge in [-0.25, -0.2) is 0 Å². The van der Waals surface area contributed by atoms with Crippen molar-refractivity contribution >= 4 is 28.3 Å². The number of morpholine rings is 1. The minimum atomic E-state index is -0.276. The second-order valence-electron chi connectivity index (χ2n) is 7.74. The molecule has 156 valence electrons. The van der Waals surface area contributed by atoms with Crippen molar-refractivity contribution in [2.24, 2.45) is 4.99 Å². The SMILES string of the molecule is C[C@H]1CN2C(=N[C@@H](c3ccccn3)[C@@H]2c2ccc(N3CCOCC3)c([N+](=O)[O-])c2)S1. The smallest absolute Gasteiger partial charge is 0.292 e. The van der Waals surface area contributed by atoms with Crippen LogP contribution in [-0.2, 0) is 4.74 Å². The summed E-state index contributed by atoms with van der Waals surface area (Å²) in [5.74, 6) is 0. The van der Waals surface area contributed by atoms with Gasteiger partial charge in [0, 0.05) is 37.1 Å². The maximum Gasteiger partial charge on any atom is 0.292 e. The van der Waals surface area contributed by atoms with Crippen LogP contribution < -0.4 is 4.90 Å². The molecule has 2 aromatic rings. The summed E-state index contributed by atoms with van der Waals surface area (Å²) in [5.41, 5.74) is 2.59. The molecule has 3 aliphatic rings. The van der Waals surface area contributed by atoms with Gasteiger partial charge in [0.15, 0.2) is 5.17 Å². The number of thioether (sulfide) groups is 1. The molecular weight excluding hydrogens is 402 g/mol. The Hall–Kier alpha value is -2.65. The van der Waals surface area contributed by atoms with E-state index >= 15 is 0 Å². The van der Waals surface area contributed by atoms with Crippen LogP contribution in [0.2, 0.25) is 0 Å². The Morgan fingerprint density at radius 3 is 2.80 bits per heavy atom. The monoisotopic (exact) mass is 425 g/mol. The molecule has 2 saturated heterocycles. The number of fused-ring (bicyclic) bond motifs is 1. The standard InChI is InChI=1S/C21H23N5O3S/c1-14-13-25-20(19(23-21(25)30-14)16-4-2-3-7-22-16)15-5-6-17(18(12-15)26(27)28)24-8-10-29-11-9-24/h2-7,12,14,19-20H,8-11,13H2,1H3/t14-,19-,20-/m0/s1. The van der Waals surface area contributed by atoms with E-state index in [0.29, 0.717) is 37.2 Å². The second kappa shape index (κ2) is 7.88. The van der Waals surface area contributed by atoms with Gasteiger partial charge in [-0.3, -0.25) is 20.1 Å². The molecule has 0 N–H and O–H groups in total. The molecule has 0 bridgehead atoms. The van der Waals surface area contributed by atoms with Crippen LogP contribution in [-0.4, -0.2) is 58.1 Å². The Kier molecular flexibility index (Phi) is 5.08. The van der Waals surface area contributed by atoms with Gasteiger partial charge in [0.25, 0.3) is 5.69 Å². The molecule has 4 heterocycles. The van der Waals surface area contributed by atoms with Gasteiger partial charge in [-0.1, -0.05) is 30.8 Å². The molecule has 0 saturated carbocycles. The molecule has 1 aromatic heterocycles. The number of rotatable bonds is 4. The third-order valence-corrected chi connectivity index (χ3v) is 6.87. The average Bonchev–Trinajstić information content (AvgIpc) is 3.30. The summed E-state index contributed by atoms with van der Waals surface area (Å²) in [6.07, 6.45) is 1.77. The van der Waals surface area contributed by atoms with Gasteiger partial charge in [-0.2, -0.15) is 0 Å². The van der Waals surface area contributed by atoms with Gasteiger partial charge in [0.05, 0.1) is 29.9 Å². The van der Waals surface area contributed by atoms with Crippen molar-refractivity contribution in [1.29, 1.82) is 0 Å². The summed E-state index contributed by atoms with van der Waals surface area (Å²) in [6, 6.07) is 11.2. The maximum atomic E-state index is 12.0. The van der Waals surface area contributed by atoms with E-state index in [1.807, 2.05) is 35.2 Å². The molecule has 0 spiro atoms. The van der Waals surface area contributed by atoms with Crippen LogP contribution in [0.3, 0.4) is 0 Å². The number of amidine groups is 1. The van der Waals surface area contributed by atoms with E-state index in [0.717, 1.165) is 23.0 Å². The summed E-state index contributed by atoms with van der Waals surface area (Å²) >= 11 is 1.76. The lowest BCUT2D eigenvalue weighted by molar-refractivity contribution is -0.384. The van der Waals surface area contributed by atoms with Gasteiger partial charge < -0.3 is 14.5 Å². The molecule has 1 aromatic carbocycles. The van der Waals surface area contributed by atoms with Crippen LogP contribution in [0.25, 0.3) is 0 Å². The van der Waals surface area contributed by atoms with Crippen LogP contribution in [0.15, 0.2) is 47.6 Å². The molecule has 8 nitrogen and oxygen atoms in total. The highest BCUT2D eigenvalue weighted by atomic mass is 32.2. The highest BCUT2D eigenvalue weighted by Crippen LogP contribution is 2.48. The summed E-state index contributed by atoms with van der Waals surface area (Å²) in [4.78, 5) is 25.5. The van der Waals surface area contributed by atoms with Crippen molar-refractivity contribution in [2.75, 3.05) is 37.7 Å². The minimum absolute atomic E-state index is 0.0928. The molecule has 0 unspecified atom stereocenters. The van der Waals surface area contributed by atoms with Gasteiger partial charge in [0.2, 0.25) is 0 Å². The van der Waals surface area contributed by atoms with Crippen molar-refractivity contribution in [1.82, 2.24) is 9.88 Å². The zero-order chi connectivity index (χ0) is 20.7. The van der Waals surface area contributed by atoms with E-state index in [9.17, 15) is 10.1 Å². The fraction of sp³-hybridized carbons (Fsp3) is 0.429. The molecule has 9 heteroatoms. The number of hydrogen-bond acceptors (Lipinski definition) is 8. The number of nitro benzene ring substituents is 1. The number of hydrogen-bond donors (Lipinski definition) is 0. The fourth-order valence-corrected chi connectivity index (χ4v) is 5.51. The minimum Gasteiger partial charge on any atom is -0.378 e. The van der Waals surface area contributed by atoms with E-state index in [1.165, 1.54) is 0 Å². The lowest BCUT2D eigenvalue weighted by Crippen LogP contribution is -2.36. The van der Waals surface area contributed by atoms with Crippen molar-refractivity contribution in [3.05, 3.63) is 64.0 Å².